The van der Waals surface area contributed by atoms with Crippen LogP contribution in [0.25, 0.3) is 5.69 Å². The molecule has 1 aliphatic carbocycles. The summed E-state index contributed by atoms with van der Waals surface area (Å²) in [6.45, 7) is 0. The van der Waals surface area contributed by atoms with E-state index in [4.69, 9.17) is 5.73 Å². The van der Waals surface area contributed by atoms with Crippen LogP contribution in [0.5, 0.6) is 0 Å². The maximum absolute atomic E-state index is 12.4. The fourth-order valence-electron chi connectivity index (χ4n) is 2.51. The molecule has 1 saturated carbocycles. The predicted molar refractivity (Wildman–Crippen MR) is 73.3 cm³/mol. The smallest absolute Gasteiger partial charge is 0.183 e. The molecule has 0 bridgehead atoms. The third-order valence-electron chi connectivity index (χ3n) is 3.79. The van der Waals surface area contributed by atoms with Gasteiger partial charge in [0, 0.05) is 12.0 Å². The van der Waals surface area contributed by atoms with Crippen molar-refractivity contribution in [1.29, 1.82) is 0 Å². The number of nitrogens with zero attached hydrogens (tertiary/aromatic N) is 2. The first-order valence-electron chi connectivity index (χ1n) is 6.60. The van der Waals surface area contributed by atoms with Gasteiger partial charge in [0.05, 0.1) is 11.9 Å². The molecule has 4 heteroatoms. The first-order valence-corrected chi connectivity index (χ1v) is 6.60. The largest absolute Gasteiger partial charge is 0.325 e. The van der Waals surface area contributed by atoms with E-state index in [-0.39, 0.29) is 11.3 Å². The molecular formula is C15H17N3O. The summed E-state index contributed by atoms with van der Waals surface area (Å²) in [5.41, 5.74) is 7.37. The molecule has 1 aromatic carbocycles. The minimum absolute atomic E-state index is 0.0727. The lowest BCUT2D eigenvalue weighted by molar-refractivity contribution is 0.0904. The SMILES string of the molecule is NC1(CC(=O)c2ccnn2-c2ccccc2)CCC1. The molecule has 98 valence electrons. The van der Waals surface area contributed by atoms with Crippen LogP contribution in [0.4, 0.5) is 0 Å². The maximum atomic E-state index is 12.4. The molecule has 19 heavy (non-hydrogen) atoms. The van der Waals surface area contributed by atoms with Gasteiger partial charge < -0.3 is 5.73 Å². The van der Waals surface area contributed by atoms with E-state index in [0.717, 1.165) is 24.9 Å². The van der Waals surface area contributed by atoms with Gasteiger partial charge in [0.1, 0.15) is 5.69 Å². The highest BCUT2D eigenvalue weighted by molar-refractivity contribution is 5.95. The van der Waals surface area contributed by atoms with Crippen LogP contribution in [0.15, 0.2) is 42.6 Å². The van der Waals surface area contributed by atoms with Gasteiger partial charge in [0.25, 0.3) is 0 Å². The molecule has 2 N–H and O–H groups in total. The molecule has 0 atom stereocenters. The predicted octanol–water partition coefficient (Wildman–Crippen LogP) is 2.33. The van der Waals surface area contributed by atoms with Crippen LogP contribution < -0.4 is 5.73 Å². The fraction of sp³-hybridized carbons (Fsp3) is 0.333. The normalized spacial score (nSPS) is 16.9. The molecule has 0 amide bonds. The number of carbonyl (C=O) groups excluding carboxylic acids is 1. The van der Waals surface area contributed by atoms with Crippen molar-refractivity contribution in [1.82, 2.24) is 9.78 Å². The number of rotatable bonds is 4. The lowest BCUT2D eigenvalue weighted by Crippen LogP contribution is -2.48. The van der Waals surface area contributed by atoms with Crippen LogP contribution in [0, 0.1) is 0 Å². The van der Waals surface area contributed by atoms with Crippen molar-refractivity contribution in [3.63, 3.8) is 0 Å². The monoisotopic (exact) mass is 255 g/mol. The molecule has 2 aromatic rings. The van der Waals surface area contributed by atoms with Gasteiger partial charge >= 0.3 is 0 Å². The summed E-state index contributed by atoms with van der Waals surface area (Å²) in [5.74, 6) is 0.0727. The Morgan fingerprint density at radius 3 is 2.63 bits per heavy atom. The van der Waals surface area contributed by atoms with Crippen LogP contribution in [0.3, 0.4) is 0 Å². The number of hydrogen-bond donors (Lipinski definition) is 1. The first kappa shape index (κ1) is 12.1. The minimum Gasteiger partial charge on any atom is -0.325 e. The van der Waals surface area contributed by atoms with E-state index < -0.39 is 0 Å². The summed E-state index contributed by atoms with van der Waals surface area (Å²) in [7, 11) is 0. The number of aromatic nitrogens is 2. The van der Waals surface area contributed by atoms with Crippen molar-refractivity contribution in [2.45, 2.75) is 31.2 Å². The number of nitrogens with two attached hydrogens (primary N) is 1. The number of para-hydroxylation sites is 1. The second-order valence-electron chi connectivity index (χ2n) is 5.28. The Morgan fingerprint density at radius 2 is 2.00 bits per heavy atom. The Morgan fingerprint density at radius 1 is 1.26 bits per heavy atom. The molecule has 1 heterocycles. The standard InChI is InChI=1S/C15H17N3O/c16-15(8-4-9-15)11-14(19)13-7-10-17-18(13)12-5-2-1-3-6-12/h1-3,5-7,10H,4,8-9,11,16H2. The summed E-state index contributed by atoms with van der Waals surface area (Å²) < 4.78 is 1.68. The van der Waals surface area contributed by atoms with E-state index in [0.29, 0.717) is 12.1 Å². The number of benzene rings is 1. The molecule has 3 rings (SSSR count). The van der Waals surface area contributed by atoms with Crippen LogP contribution in [0.2, 0.25) is 0 Å². The van der Waals surface area contributed by atoms with E-state index in [9.17, 15) is 4.79 Å². The van der Waals surface area contributed by atoms with Gasteiger partial charge in [-0.3, -0.25) is 4.79 Å². The van der Waals surface area contributed by atoms with Gasteiger partial charge in [-0.05, 0) is 37.5 Å². The quantitative estimate of drug-likeness (QED) is 0.853. The third kappa shape index (κ3) is 2.31. The van der Waals surface area contributed by atoms with Crippen LogP contribution in [-0.2, 0) is 0 Å². The zero-order valence-corrected chi connectivity index (χ0v) is 10.7. The van der Waals surface area contributed by atoms with Crippen LogP contribution in [-0.4, -0.2) is 21.1 Å². The van der Waals surface area contributed by atoms with Crippen LogP contribution >= 0.6 is 0 Å². The van der Waals surface area contributed by atoms with Gasteiger partial charge in [0.15, 0.2) is 5.78 Å². The second-order valence-corrected chi connectivity index (χ2v) is 5.28. The Hall–Kier alpha value is -1.94. The summed E-state index contributed by atoms with van der Waals surface area (Å²) in [6.07, 6.45) is 5.08. The van der Waals surface area contributed by atoms with Crippen molar-refractivity contribution < 1.29 is 4.79 Å². The molecule has 0 unspecified atom stereocenters. The topological polar surface area (TPSA) is 60.9 Å². The number of ketones is 1. The van der Waals surface area contributed by atoms with Crippen LogP contribution in [0.1, 0.15) is 36.2 Å². The molecule has 4 nitrogen and oxygen atoms in total. The van der Waals surface area contributed by atoms with Crippen molar-refractivity contribution in [3.8, 4) is 5.69 Å². The van der Waals surface area contributed by atoms with Gasteiger partial charge in [-0.15, -0.1) is 0 Å². The Bertz CT molecular complexity index is 584. The van der Waals surface area contributed by atoms with E-state index >= 15 is 0 Å². The zero-order chi connectivity index (χ0) is 13.3. The Kier molecular flexibility index (Phi) is 2.95. The van der Waals surface area contributed by atoms with Gasteiger partial charge in [-0.1, -0.05) is 18.2 Å². The average Bonchev–Trinajstić information content (AvgIpc) is 2.87. The molecule has 0 saturated heterocycles. The minimum atomic E-state index is -0.289. The van der Waals surface area contributed by atoms with E-state index in [1.165, 1.54) is 0 Å². The summed E-state index contributed by atoms with van der Waals surface area (Å²) >= 11 is 0. The van der Waals surface area contributed by atoms with Gasteiger partial charge in [-0.25, -0.2) is 4.68 Å². The van der Waals surface area contributed by atoms with Crippen molar-refractivity contribution >= 4 is 5.78 Å². The van der Waals surface area contributed by atoms with Gasteiger partial charge in [-0.2, -0.15) is 5.10 Å². The molecule has 1 fully saturated rings. The highest BCUT2D eigenvalue weighted by Crippen LogP contribution is 2.33. The lowest BCUT2D eigenvalue weighted by Gasteiger charge is -2.37. The fourth-order valence-corrected chi connectivity index (χ4v) is 2.51. The van der Waals surface area contributed by atoms with E-state index in [1.807, 2.05) is 30.3 Å². The molecule has 1 aliphatic rings. The third-order valence-corrected chi connectivity index (χ3v) is 3.79. The molecular weight excluding hydrogens is 238 g/mol. The molecule has 0 aliphatic heterocycles. The maximum Gasteiger partial charge on any atom is 0.183 e. The Balaban J connectivity index is 1.86. The molecule has 0 radical (unpaired) electrons. The van der Waals surface area contributed by atoms with Crippen molar-refractivity contribution in [2.24, 2.45) is 5.73 Å². The summed E-state index contributed by atoms with van der Waals surface area (Å²) in [6, 6.07) is 11.4. The van der Waals surface area contributed by atoms with Crippen molar-refractivity contribution in [3.05, 3.63) is 48.3 Å². The number of hydrogen-bond acceptors (Lipinski definition) is 3. The Labute approximate surface area is 112 Å². The highest BCUT2D eigenvalue weighted by Gasteiger charge is 2.35. The number of carbonyl (C=O) groups is 1. The zero-order valence-electron chi connectivity index (χ0n) is 10.7. The van der Waals surface area contributed by atoms with Crippen molar-refractivity contribution in [2.75, 3.05) is 0 Å². The number of Topliss-reactive ketones (excluding diaryl/α,β-unsaturated/α-hetero) is 1. The van der Waals surface area contributed by atoms with E-state index in [1.54, 1.807) is 16.9 Å². The molecule has 0 spiro atoms. The average molecular weight is 255 g/mol. The lowest BCUT2D eigenvalue weighted by atomic mass is 9.74. The summed E-state index contributed by atoms with van der Waals surface area (Å²) in [4.78, 5) is 12.4. The molecule has 1 aromatic heterocycles. The first-order chi connectivity index (χ1) is 9.18. The van der Waals surface area contributed by atoms with E-state index in [2.05, 4.69) is 5.10 Å². The highest BCUT2D eigenvalue weighted by atomic mass is 16.1. The summed E-state index contributed by atoms with van der Waals surface area (Å²) in [5, 5.41) is 4.24. The van der Waals surface area contributed by atoms with Gasteiger partial charge in [0.2, 0.25) is 0 Å². The second kappa shape index (κ2) is 4.63.